The molecule has 0 aliphatic rings. The minimum absolute atomic E-state index is 0.360. The Morgan fingerprint density at radius 1 is 1.11 bits per heavy atom. The fourth-order valence-electron chi connectivity index (χ4n) is 2.79. The Bertz CT molecular complexity index is 930. The highest BCUT2D eigenvalue weighted by Crippen LogP contribution is 2.18. The van der Waals surface area contributed by atoms with Gasteiger partial charge in [0.1, 0.15) is 5.60 Å². The molecule has 1 N–H and O–H groups in total. The number of ether oxygens (including phenoxy) is 1. The number of hydrogen-bond acceptors (Lipinski definition) is 5. The average Bonchev–Trinajstić information content (AvgIpc) is 3.11. The van der Waals surface area contributed by atoms with Gasteiger partial charge in [-0.15, -0.1) is 0 Å². The van der Waals surface area contributed by atoms with Gasteiger partial charge in [0.25, 0.3) is 0 Å². The minimum Gasteiger partial charge on any atom is -0.444 e. The van der Waals surface area contributed by atoms with Crippen LogP contribution in [-0.2, 0) is 11.3 Å². The third kappa shape index (κ3) is 5.77. The van der Waals surface area contributed by atoms with E-state index < -0.39 is 5.60 Å². The molecule has 3 aromatic rings. The number of para-hydroxylation sites is 2. The maximum absolute atomic E-state index is 11.6. The molecule has 3 rings (SSSR count). The number of alkyl carbamates (subject to hydrolysis) is 1. The molecule has 0 unspecified atom stereocenters. The lowest BCUT2D eigenvalue weighted by molar-refractivity contribution is 0.0527. The van der Waals surface area contributed by atoms with Crippen LogP contribution >= 0.6 is 0 Å². The van der Waals surface area contributed by atoms with Crippen LogP contribution < -0.4 is 5.32 Å². The molecule has 2 aromatic heterocycles. The zero-order valence-corrected chi connectivity index (χ0v) is 16.7. The topological polar surface area (TPSA) is 81.9 Å². The summed E-state index contributed by atoms with van der Waals surface area (Å²) in [5.41, 5.74) is 3.09. The first kappa shape index (κ1) is 19.8. The molecule has 7 heteroatoms. The maximum atomic E-state index is 11.6. The normalized spacial score (nSPS) is 11.5. The van der Waals surface area contributed by atoms with Crippen molar-refractivity contribution < 1.29 is 9.53 Å². The quantitative estimate of drug-likeness (QED) is 0.621. The summed E-state index contributed by atoms with van der Waals surface area (Å²) < 4.78 is 7.13. The summed E-state index contributed by atoms with van der Waals surface area (Å²) >= 11 is 0. The molecule has 148 valence electrons. The predicted octanol–water partition coefficient (Wildman–Crippen LogP) is 4.19. The van der Waals surface area contributed by atoms with E-state index in [9.17, 15) is 4.79 Å². The number of fused-ring (bicyclic) bond motifs is 1. The number of nitrogens with zero attached hydrogens (tertiary/aromatic N) is 4. The van der Waals surface area contributed by atoms with Crippen molar-refractivity contribution in [3.05, 3.63) is 42.9 Å². The van der Waals surface area contributed by atoms with E-state index in [2.05, 4.69) is 20.4 Å². The Balaban J connectivity index is 1.42. The van der Waals surface area contributed by atoms with Gasteiger partial charge in [0.2, 0.25) is 0 Å². The highest BCUT2D eigenvalue weighted by molar-refractivity contribution is 5.76. The standard InChI is InChI=1S/C21H27N5O2/c1-21(2,3)28-20(27)22-11-7-4-8-12-26-15-16(13-24-26)19-14-23-17-9-5-6-10-18(17)25-19/h5-6,9-10,13-15H,4,7-8,11-12H2,1-3H3,(H,22,27). The molecule has 0 aliphatic carbocycles. The van der Waals surface area contributed by atoms with Gasteiger partial charge in [0.05, 0.1) is 29.1 Å². The zero-order chi connectivity index (χ0) is 20.0. The molecule has 1 amide bonds. The Kier molecular flexibility index (Phi) is 6.23. The third-order valence-electron chi connectivity index (χ3n) is 4.11. The lowest BCUT2D eigenvalue weighted by atomic mass is 10.2. The van der Waals surface area contributed by atoms with Gasteiger partial charge in [0, 0.05) is 24.8 Å². The largest absolute Gasteiger partial charge is 0.444 e. The number of aromatic nitrogens is 4. The second kappa shape index (κ2) is 8.82. The molecule has 0 saturated heterocycles. The van der Waals surface area contributed by atoms with Gasteiger partial charge >= 0.3 is 6.09 Å². The van der Waals surface area contributed by atoms with Crippen LogP contribution in [0.3, 0.4) is 0 Å². The van der Waals surface area contributed by atoms with Gasteiger partial charge in [-0.2, -0.15) is 5.10 Å². The second-order valence-electron chi connectivity index (χ2n) is 7.73. The first-order valence-corrected chi connectivity index (χ1v) is 9.62. The maximum Gasteiger partial charge on any atom is 0.407 e. The van der Waals surface area contributed by atoms with Crippen LogP contribution in [0, 0.1) is 0 Å². The molecule has 7 nitrogen and oxygen atoms in total. The van der Waals surface area contributed by atoms with E-state index in [-0.39, 0.29) is 6.09 Å². The van der Waals surface area contributed by atoms with E-state index in [4.69, 9.17) is 4.74 Å². The summed E-state index contributed by atoms with van der Waals surface area (Å²) in [7, 11) is 0. The van der Waals surface area contributed by atoms with E-state index in [0.29, 0.717) is 6.54 Å². The van der Waals surface area contributed by atoms with Crippen LogP contribution in [0.1, 0.15) is 40.0 Å². The molecular weight excluding hydrogens is 354 g/mol. The molecule has 0 bridgehead atoms. The lowest BCUT2D eigenvalue weighted by Gasteiger charge is -2.19. The number of rotatable bonds is 7. The number of hydrogen-bond donors (Lipinski definition) is 1. The van der Waals surface area contributed by atoms with E-state index in [1.54, 1.807) is 6.20 Å². The van der Waals surface area contributed by atoms with Crippen molar-refractivity contribution in [2.24, 2.45) is 0 Å². The van der Waals surface area contributed by atoms with Crippen molar-refractivity contribution >= 4 is 17.1 Å². The summed E-state index contributed by atoms with van der Waals surface area (Å²) in [4.78, 5) is 20.7. The number of carbonyl (C=O) groups is 1. The number of carbonyl (C=O) groups excluding carboxylic acids is 1. The first-order valence-electron chi connectivity index (χ1n) is 9.62. The van der Waals surface area contributed by atoms with E-state index in [1.165, 1.54) is 0 Å². The predicted molar refractivity (Wildman–Crippen MR) is 109 cm³/mol. The Labute approximate surface area is 165 Å². The SMILES string of the molecule is CC(C)(C)OC(=O)NCCCCCn1cc(-c2cnc3ccccc3n2)cn1. The average molecular weight is 381 g/mol. The van der Waals surface area contributed by atoms with Gasteiger partial charge in [-0.3, -0.25) is 9.67 Å². The Hall–Kier alpha value is -2.96. The molecule has 0 saturated carbocycles. The van der Waals surface area contributed by atoms with E-state index in [1.807, 2.05) is 62.1 Å². The van der Waals surface area contributed by atoms with E-state index in [0.717, 1.165) is 48.1 Å². The summed E-state index contributed by atoms with van der Waals surface area (Å²) in [6.45, 7) is 7.01. The van der Waals surface area contributed by atoms with Crippen LogP contribution in [0.15, 0.2) is 42.9 Å². The fraction of sp³-hybridized carbons (Fsp3) is 0.429. The smallest absolute Gasteiger partial charge is 0.407 e. The van der Waals surface area contributed by atoms with E-state index >= 15 is 0 Å². The summed E-state index contributed by atoms with van der Waals surface area (Å²) in [5.74, 6) is 0. The van der Waals surface area contributed by atoms with Crippen molar-refractivity contribution in [2.45, 2.75) is 52.2 Å². The number of aryl methyl sites for hydroxylation is 1. The molecule has 0 radical (unpaired) electrons. The highest BCUT2D eigenvalue weighted by Gasteiger charge is 2.15. The van der Waals surface area contributed by atoms with Gasteiger partial charge in [-0.1, -0.05) is 12.1 Å². The van der Waals surface area contributed by atoms with Crippen LogP contribution in [0.25, 0.3) is 22.3 Å². The summed E-state index contributed by atoms with van der Waals surface area (Å²) in [6.07, 6.45) is 8.14. The molecule has 1 aromatic carbocycles. The Morgan fingerprint density at radius 3 is 2.68 bits per heavy atom. The summed E-state index contributed by atoms with van der Waals surface area (Å²) in [5, 5.41) is 7.20. The summed E-state index contributed by atoms with van der Waals surface area (Å²) in [6, 6.07) is 7.83. The number of amides is 1. The van der Waals surface area contributed by atoms with Crippen molar-refractivity contribution in [1.29, 1.82) is 0 Å². The highest BCUT2D eigenvalue weighted by atomic mass is 16.6. The molecule has 0 atom stereocenters. The van der Waals surface area contributed by atoms with Crippen molar-refractivity contribution in [1.82, 2.24) is 25.1 Å². The molecule has 0 aliphatic heterocycles. The van der Waals surface area contributed by atoms with Crippen LogP contribution in [-0.4, -0.2) is 38.0 Å². The van der Waals surface area contributed by atoms with Gasteiger partial charge in [-0.05, 0) is 52.2 Å². The van der Waals surface area contributed by atoms with Crippen molar-refractivity contribution in [2.75, 3.05) is 6.54 Å². The van der Waals surface area contributed by atoms with Gasteiger partial charge in [0.15, 0.2) is 0 Å². The zero-order valence-electron chi connectivity index (χ0n) is 16.7. The van der Waals surface area contributed by atoms with Gasteiger partial charge in [-0.25, -0.2) is 9.78 Å². The lowest BCUT2D eigenvalue weighted by Crippen LogP contribution is -2.33. The molecular formula is C21H27N5O2. The first-order chi connectivity index (χ1) is 13.4. The van der Waals surface area contributed by atoms with Gasteiger partial charge < -0.3 is 10.1 Å². The number of unbranched alkanes of at least 4 members (excludes halogenated alkanes) is 2. The van der Waals surface area contributed by atoms with Crippen LogP contribution in [0.4, 0.5) is 4.79 Å². The number of nitrogens with one attached hydrogen (secondary N) is 1. The van der Waals surface area contributed by atoms with Crippen molar-refractivity contribution in [3.8, 4) is 11.3 Å². The molecule has 28 heavy (non-hydrogen) atoms. The van der Waals surface area contributed by atoms with Crippen LogP contribution in [0.5, 0.6) is 0 Å². The molecule has 0 fully saturated rings. The monoisotopic (exact) mass is 381 g/mol. The fourth-order valence-corrected chi connectivity index (χ4v) is 2.79. The second-order valence-corrected chi connectivity index (χ2v) is 7.73. The van der Waals surface area contributed by atoms with Crippen molar-refractivity contribution in [3.63, 3.8) is 0 Å². The third-order valence-corrected chi connectivity index (χ3v) is 4.11. The Morgan fingerprint density at radius 2 is 1.89 bits per heavy atom. The molecule has 2 heterocycles. The van der Waals surface area contributed by atoms with Crippen LogP contribution in [0.2, 0.25) is 0 Å². The minimum atomic E-state index is -0.461. The molecule has 0 spiro atoms. The number of benzene rings is 1.